The molecule has 0 aliphatic carbocycles. The standard InChI is InChI=1S/C17H25N7O2/c1-13(15-22-20-12-24(15)8-5-9-26-2)21-16(25)14-10-18-17(19-11-14)23-6-3-4-7-23/h10-13H,3-9H2,1-2H3,(H,21,25)/t13-/m1/s1. The number of nitrogens with one attached hydrogen (secondary N) is 1. The molecule has 1 fully saturated rings. The van der Waals surface area contributed by atoms with E-state index in [9.17, 15) is 4.79 Å². The van der Waals surface area contributed by atoms with Crippen LogP contribution >= 0.6 is 0 Å². The minimum absolute atomic E-state index is 0.225. The highest BCUT2D eigenvalue weighted by Gasteiger charge is 2.19. The largest absolute Gasteiger partial charge is 0.385 e. The Morgan fingerprint density at radius 1 is 1.31 bits per heavy atom. The maximum atomic E-state index is 12.5. The van der Waals surface area contributed by atoms with E-state index in [-0.39, 0.29) is 11.9 Å². The Kier molecular flexibility index (Phi) is 6.11. The Morgan fingerprint density at radius 3 is 2.73 bits per heavy atom. The zero-order valence-corrected chi connectivity index (χ0v) is 15.3. The summed E-state index contributed by atoms with van der Waals surface area (Å²) in [5.41, 5.74) is 0.435. The fourth-order valence-corrected chi connectivity index (χ4v) is 3.01. The van der Waals surface area contributed by atoms with Crippen LogP contribution in [-0.2, 0) is 11.3 Å². The van der Waals surface area contributed by atoms with Crippen LogP contribution in [0.1, 0.15) is 48.4 Å². The van der Waals surface area contributed by atoms with Gasteiger partial charge in [0.1, 0.15) is 6.33 Å². The number of hydrogen-bond acceptors (Lipinski definition) is 7. The zero-order chi connectivity index (χ0) is 18.4. The highest BCUT2D eigenvalue weighted by atomic mass is 16.5. The van der Waals surface area contributed by atoms with Gasteiger partial charge in [0.2, 0.25) is 5.95 Å². The maximum Gasteiger partial charge on any atom is 0.255 e. The van der Waals surface area contributed by atoms with Crippen molar-refractivity contribution in [3.63, 3.8) is 0 Å². The molecule has 9 heteroatoms. The van der Waals surface area contributed by atoms with Gasteiger partial charge < -0.3 is 19.5 Å². The van der Waals surface area contributed by atoms with Crippen molar-refractivity contribution in [2.75, 3.05) is 31.7 Å². The number of methoxy groups -OCH3 is 1. The van der Waals surface area contributed by atoms with Gasteiger partial charge in [0.05, 0.1) is 11.6 Å². The van der Waals surface area contributed by atoms with Crippen molar-refractivity contribution in [1.29, 1.82) is 0 Å². The van der Waals surface area contributed by atoms with E-state index in [1.54, 1.807) is 25.8 Å². The monoisotopic (exact) mass is 359 g/mol. The van der Waals surface area contributed by atoms with Crippen molar-refractivity contribution in [1.82, 2.24) is 30.0 Å². The number of aryl methyl sites for hydroxylation is 1. The number of anilines is 1. The van der Waals surface area contributed by atoms with Crippen LogP contribution in [0.15, 0.2) is 18.7 Å². The van der Waals surface area contributed by atoms with Gasteiger partial charge in [-0.3, -0.25) is 4.79 Å². The Bertz CT molecular complexity index is 710. The molecule has 1 saturated heterocycles. The highest BCUT2D eigenvalue weighted by Crippen LogP contribution is 2.15. The molecule has 0 bridgehead atoms. The minimum atomic E-state index is -0.272. The molecule has 1 N–H and O–H groups in total. The molecule has 2 aromatic rings. The first-order valence-electron chi connectivity index (χ1n) is 8.93. The first kappa shape index (κ1) is 18.2. The van der Waals surface area contributed by atoms with Crippen LogP contribution in [0.25, 0.3) is 0 Å². The second kappa shape index (κ2) is 8.70. The topological polar surface area (TPSA) is 98.1 Å². The molecule has 1 amide bonds. The highest BCUT2D eigenvalue weighted by molar-refractivity contribution is 5.93. The smallest absolute Gasteiger partial charge is 0.255 e. The summed E-state index contributed by atoms with van der Waals surface area (Å²) >= 11 is 0. The van der Waals surface area contributed by atoms with E-state index >= 15 is 0 Å². The molecule has 26 heavy (non-hydrogen) atoms. The van der Waals surface area contributed by atoms with Crippen LogP contribution in [0.4, 0.5) is 5.95 Å². The lowest BCUT2D eigenvalue weighted by Crippen LogP contribution is -2.29. The predicted molar refractivity (Wildman–Crippen MR) is 95.9 cm³/mol. The number of aromatic nitrogens is 5. The van der Waals surface area contributed by atoms with E-state index in [0.717, 1.165) is 38.9 Å². The molecular weight excluding hydrogens is 334 g/mol. The zero-order valence-electron chi connectivity index (χ0n) is 15.3. The summed E-state index contributed by atoms with van der Waals surface area (Å²) in [6, 6.07) is -0.272. The minimum Gasteiger partial charge on any atom is -0.385 e. The Balaban J connectivity index is 1.59. The number of carbonyl (C=O) groups excluding carboxylic acids is 1. The average molecular weight is 359 g/mol. The van der Waals surface area contributed by atoms with Crippen molar-refractivity contribution in [3.8, 4) is 0 Å². The molecule has 3 heterocycles. The molecule has 0 saturated carbocycles. The van der Waals surface area contributed by atoms with Crippen molar-refractivity contribution in [2.24, 2.45) is 0 Å². The lowest BCUT2D eigenvalue weighted by atomic mass is 10.2. The molecule has 0 unspecified atom stereocenters. The molecule has 3 rings (SSSR count). The number of nitrogens with zero attached hydrogens (tertiary/aromatic N) is 6. The van der Waals surface area contributed by atoms with Crippen molar-refractivity contribution in [3.05, 3.63) is 30.1 Å². The third-order valence-corrected chi connectivity index (χ3v) is 4.42. The summed E-state index contributed by atoms with van der Waals surface area (Å²) in [7, 11) is 1.67. The molecule has 1 aliphatic heterocycles. The van der Waals surface area contributed by atoms with Gasteiger partial charge in [-0.2, -0.15) is 0 Å². The van der Waals surface area contributed by atoms with E-state index in [1.165, 1.54) is 0 Å². The van der Waals surface area contributed by atoms with Gasteiger partial charge in [0.15, 0.2) is 5.82 Å². The van der Waals surface area contributed by atoms with E-state index in [4.69, 9.17) is 4.74 Å². The summed E-state index contributed by atoms with van der Waals surface area (Å²) in [6.45, 7) is 5.24. The third kappa shape index (κ3) is 4.34. The van der Waals surface area contributed by atoms with Gasteiger partial charge >= 0.3 is 0 Å². The van der Waals surface area contributed by atoms with Crippen molar-refractivity contribution >= 4 is 11.9 Å². The van der Waals surface area contributed by atoms with Gasteiger partial charge in [0.25, 0.3) is 5.91 Å². The molecule has 9 nitrogen and oxygen atoms in total. The second-order valence-electron chi connectivity index (χ2n) is 6.39. The van der Waals surface area contributed by atoms with E-state index < -0.39 is 0 Å². The van der Waals surface area contributed by atoms with E-state index in [2.05, 4.69) is 30.4 Å². The molecule has 1 aliphatic rings. The first-order valence-corrected chi connectivity index (χ1v) is 8.93. The number of rotatable bonds is 8. The Hall–Kier alpha value is -2.55. The third-order valence-electron chi connectivity index (χ3n) is 4.42. The molecular formula is C17H25N7O2. The first-order chi connectivity index (χ1) is 12.7. The summed E-state index contributed by atoms with van der Waals surface area (Å²) in [4.78, 5) is 23.3. The van der Waals surface area contributed by atoms with Crippen molar-refractivity contribution in [2.45, 2.75) is 38.8 Å². The maximum absolute atomic E-state index is 12.5. The van der Waals surface area contributed by atoms with Crippen LogP contribution < -0.4 is 10.2 Å². The fourth-order valence-electron chi connectivity index (χ4n) is 3.01. The van der Waals surface area contributed by atoms with Crippen LogP contribution in [0, 0.1) is 0 Å². The SMILES string of the molecule is COCCCn1cnnc1[C@@H](C)NC(=O)c1cnc(N2CCCC2)nc1. The molecule has 1 atom stereocenters. The quantitative estimate of drug-likeness (QED) is 0.707. The fraction of sp³-hybridized carbons (Fsp3) is 0.588. The Morgan fingerprint density at radius 2 is 2.04 bits per heavy atom. The predicted octanol–water partition coefficient (Wildman–Crippen LogP) is 1.20. The molecule has 0 spiro atoms. The molecule has 2 aromatic heterocycles. The normalized spacial score (nSPS) is 15.2. The summed E-state index contributed by atoms with van der Waals surface area (Å²) in [5, 5.41) is 11.0. The van der Waals surface area contributed by atoms with Gasteiger partial charge in [-0.05, 0) is 26.2 Å². The van der Waals surface area contributed by atoms with Gasteiger partial charge in [-0.25, -0.2) is 9.97 Å². The lowest BCUT2D eigenvalue weighted by Gasteiger charge is -2.16. The lowest BCUT2D eigenvalue weighted by molar-refractivity contribution is 0.0936. The summed E-state index contributed by atoms with van der Waals surface area (Å²) in [6.07, 6.45) is 8.00. The van der Waals surface area contributed by atoms with Crippen LogP contribution in [-0.4, -0.2) is 57.4 Å². The second-order valence-corrected chi connectivity index (χ2v) is 6.39. The Labute approximate surface area is 152 Å². The van der Waals surface area contributed by atoms with Gasteiger partial charge in [0, 0.05) is 45.7 Å². The average Bonchev–Trinajstić information content (AvgIpc) is 3.34. The van der Waals surface area contributed by atoms with Crippen LogP contribution in [0.3, 0.4) is 0 Å². The number of amides is 1. The van der Waals surface area contributed by atoms with Gasteiger partial charge in [-0.15, -0.1) is 10.2 Å². The molecule has 140 valence electrons. The van der Waals surface area contributed by atoms with E-state index in [1.807, 2.05) is 11.5 Å². The number of hydrogen-bond donors (Lipinski definition) is 1. The summed E-state index contributed by atoms with van der Waals surface area (Å²) in [5.74, 6) is 1.17. The molecule has 0 aromatic carbocycles. The number of ether oxygens (including phenoxy) is 1. The number of carbonyl (C=O) groups is 1. The van der Waals surface area contributed by atoms with Crippen LogP contribution in [0.5, 0.6) is 0 Å². The van der Waals surface area contributed by atoms with Crippen molar-refractivity contribution < 1.29 is 9.53 Å². The van der Waals surface area contributed by atoms with E-state index in [0.29, 0.717) is 23.9 Å². The molecule has 0 radical (unpaired) electrons. The van der Waals surface area contributed by atoms with Gasteiger partial charge in [-0.1, -0.05) is 0 Å². The summed E-state index contributed by atoms with van der Waals surface area (Å²) < 4.78 is 7.00. The van der Waals surface area contributed by atoms with Crippen LogP contribution in [0.2, 0.25) is 0 Å².